The lowest BCUT2D eigenvalue weighted by Gasteiger charge is -2.30. The van der Waals surface area contributed by atoms with E-state index in [9.17, 15) is 4.79 Å². The Morgan fingerprint density at radius 3 is 2.96 bits per heavy atom. The highest BCUT2D eigenvalue weighted by Crippen LogP contribution is 2.39. The van der Waals surface area contributed by atoms with Crippen LogP contribution in [0.3, 0.4) is 0 Å². The number of benzene rings is 1. The van der Waals surface area contributed by atoms with Crippen LogP contribution in [0.25, 0.3) is 10.9 Å². The number of H-pyrrole nitrogens is 2. The first-order chi connectivity index (χ1) is 12.2. The maximum absolute atomic E-state index is 13.0. The zero-order chi connectivity index (χ0) is 17.0. The normalized spacial score (nSPS) is 17.6. The highest BCUT2D eigenvalue weighted by Gasteiger charge is 2.31. The topological polar surface area (TPSA) is 64.8 Å². The van der Waals surface area contributed by atoms with Gasteiger partial charge in [0.25, 0.3) is 5.91 Å². The van der Waals surface area contributed by atoms with Gasteiger partial charge in [0.15, 0.2) is 0 Å². The van der Waals surface area contributed by atoms with Crippen molar-refractivity contribution in [3.8, 4) is 0 Å². The highest BCUT2D eigenvalue weighted by molar-refractivity contribution is 6.31. The molecule has 1 amide bonds. The lowest BCUT2D eigenvalue weighted by molar-refractivity contribution is 0.0728. The molecule has 0 saturated heterocycles. The summed E-state index contributed by atoms with van der Waals surface area (Å²) in [6, 6.07) is 7.54. The molecule has 3 heterocycles. The van der Waals surface area contributed by atoms with Crippen LogP contribution in [0.4, 0.5) is 0 Å². The Bertz CT molecular complexity index is 969. The molecule has 2 aromatic heterocycles. The average molecular weight is 355 g/mol. The quantitative estimate of drug-likeness (QED) is 0.730. The molecule has 5 rings (SSSR count). The number of aromatic nitrogens is 3. The molecule has 5 nitrogen and oxygen atoms in total. The monoisotopic (exact) mass is 354 g/mol. The van der Waals surface area contributed by atoms with Gasteiger partial charge in [0.1, 0.15) is 5.69 Å². The summed E-state index contributed by atoms with van der Waals surface area (Å²) in [6.45, 7) is 1.35. The number of amides is 1. The van der Waals surface area contributed by atoms with Gasteiger partial charge in [0.05, 0.1) is 5.69 Å². The van der Waals surface area contributed by atoms with Crippen molar-refractivity contribution in [2.75, 3.05) is 6.54 Å². The Morgan fingerprint density at radius 1 is 1.28 bits per heavy atom. The van der Waals surface area contributed by atoms with Crippen LogP contribution in [0, 0.1) is 0 Å². The maximum atomic E-state index is 13.0. The van der Waals surface area contributed by atoms with Gasteiger partial charge in [-0.25, -0.2) is 0 Å². The molecule has 1 aliphatic carbocycles. The average Bonchev–Trinajstić information content (AvgIpc) is 3.16. The summed E-state index contributed by atoms with van der Waals surface area (Å²) in [5, 5.41) is 9.39. The predicted molar refractivity (Wildman–Crippen MR) is 96.9 cm³/mol. The summed E-state index contributed by atoms with van der Waals surface area (Å²) < 4.78 is 0. The van der Waals surface area contributed by atoms with Crippen molar-refractivity contribution in [3.05, 3.63) is 51.9 Å². The fourth-order valence-corrected chi connectivity index (χ4v) is 4.08. The second kappa shape index (κ2) is 5.63. The zero-order valence-corrected chi connectivity index (χ0v) is 14.6. The Hall–Kier alpha value is -2.27. The van der Waals surface area contributed by atoms with Crippen LogP contribution < -0.4 is 0 Å². The SMILES string of the molecule is O=C(c1cc2ccc(Cl)cc2[nH]1)N1CCc2n[nH]c(C3CCC3)c2C1. The van der Waals surface area contributed by atoms with Crippen LogP contribution >= 0.6 is 11.6 Å². The van der Waals surface area contributed by atoms with E-state index in [-0.39, 0.29) is 5.91 Å². The molecule has 0 unspecified atom stereocenters. The van der Waals surface area contributed by atoms with Gasteiger partial charge >= 0.3 is 0 Å². The Balaban J connectivity index is 1.43. The molecule has 1 aromatic carbocycles. The van der Waals surface area contributed by atoms with Crippen molar-refractivity contribution in [2.45, 2.75) is 38.1 Å². The fourth-order valence-electron chi connectivity index (χ4n) is 3.90. The number of hydrogen-bond acceptors (Lipinski definition) is 2. The van der Waals surface area contributed by atoms with Crippen LogP contribution in [0.2, 0.25) is 5.02 Å². The zero-order valence-electron chi connectivity index (χ0n) is 13.8. The minimum Gasteiger partial charge on any atom is -0.350 e. The van der Waals surface area contributed by atoms with Crippen LogP contribution in [0.15, 0.2) is 24.3 Å². The molecule has 0 bridgehead atoms. The number of rotatable bonds is 2. The highest BCUT2D eigenvalue weighted by atomic mass is 35.5. The molecular weight excluding hydrogens is 336 g/mol. The van der Waals surface area contributed by atoms with Gasteiger partial charge in [-0.1, -0.05) is 24.1 Å². The van der Waals surface area contributed by atoms with E-state index in [1.165, 1.54) is 30.5 Å². The number of hydrogen-bond donors (Lipinski definition) is 2. The molecule has 0 radical (unpaired) electrons. The van der Waals surface area contributed by atoms with Crippen molar-refractivity contribution in [1.29, 1.82) is 0 Å². The lowest BCUT2D eigenvalue weighted by atomic mass is 9.81. The van der Waals surface area contributed by atoms with Gasteiger partial charge in [-0.05, 0) is 31.0 Å². The van der Waals surface area contributed by atoms with Crippen molar-refractivity contribution in [2.24, 2.45) is 0 Å². The van der Waals surface area contributed by atoms with Crippen molar-refractivity contribution in [3.63, 3.8) is 0 Å². The molecule has 6 heteroatoms. The van der Waals surface area contributed by atoms with E-state index >= 15 is 0 Å². The van der Waals surface area contributed by atoms with Crippen molar-refractivity contribution in [1.82, 2.24) is 20.1 Å². The molecule has 2 N–H and O–H groups in total. The van der Waals surface area contributed by atoms with E-state index in [0.717, 1.165) is 23.0 Å². The van der Waals surface area contributed by atoms with Gasteiger partial charge < -0.3 is 9.88 Å². The van der Waals surface area contributed by atoms with Gasteiger partial charge in [0, 0.05) is 52.6 Å². The number of nitrogens with zero attached hydrogens (tertiary/aromatic N) is 2. The van der Waals surface area contributed by atoms with Crippen molar-refractivity contribution >= 4 is 28.4 Å². The number of halogens is 1. The van der Waals surface area contributed by atoms with E-state index in [1.54, 1.807) is 0 Å². The maximum Gasteiger partial charge on any atom is 0.270 e. The summed E-state index contributed by atoms with van der Waals surface area (Å²) in [5.41, 5.74) is 5.14. The molecule has 3 aromatic rings. The number of nitrogens with one attached hydrogen (secondary N) is 2. The van der Waals surface area contributed by atoms with Crippen LogP contribution in [0.5, 0.6) is 0 Å². The summed E-state index contributed by atoms with van der Waals surface area (Å²) >= 11 is 6.04. The van der Waals surface area contributed by atoms with Crippen molar-refractivity contribution < 1.29 is 4.79 Å². The molecule has 1 fully saturated rings. The molecular formula is C19H19ClN4O. The van der Waals surface area contributed by atoms with Crippen LogP contribution in [-0.4, -0.2) is 32.5 Å². The molecule has 25 heavy (non-hydrogen) atoms. The number of aromatic amines is 2. The summed E-state index contributed by atoms with van der Waals surface area (Å²) in [6.07, 6.45) is 4.56. The van der Waals surface area contributed by atoms with Gasteiger partial charge in [-0.3, -0.25) is 9.89 Å². The number of fused-ring (bicyclic) bond motifs is 2. The smallest absolute Gasteiger partial charge is 0.270 e. The molecule has 1 saturated carbocycles. The van der Waals surface area contributed by atoms with Gasteiger partial charge in [-0.2, -0.15) is 5.10 Å². The predicted octanol–water partition coefficient (Wildman–Crippen LogP) is 4.01. The second-order valence-corrected chi connectivity index (χ2v) is 7.52. The first kappa shape index (κ1) is 15.0. The summed E-state index contributed by atoms with van der Waals surface area (Å²) in [7, 11) is 0. The molecule has 2 aliphatic rings. The Morgan fingerprint density at radius 2 is 2.16 bits per heavy atom. The third-order valence-corrected chi connectivity index (χ3v) is 5.80. The van der Waals surface area contributed by atoms with E-state index < -0.39 is 0 Å². The van der Waals surface area contributed by atoms with Crippen LogP contribution in [0.1, 0.15) is 52.6 Å². The van der Waals surface area contributed by atoms with E-state index in [1.807, 2.05) is 29.2 Å². The molecule has 128 valence electrons. The molecule has 0 atom stereocenters. The van der Waals surface area contributed by atoms with E-state index in [4.69, 9.17) is 11.6 Å². The number of carbonyl (C=O) groups is 1. The third kappa shape index (κ3) is 2.45. The van der Waals surface area contributed by atoms with E-state index in [2.05, 4.69) is 15.2 Å². The standard InChI is InChI=1S/C19H19ClN4O/c20-13-5-4-12-8-17(21-16(12)9-13)19(25)24-7-6-15-14(10-24)18(23-22-15)11-2-1-3-11/h4-5,8-9,11,21H,1-3,6-7,10H2,(H,22,23). The number of carbonyl (C=O) groups excluding carboxylic acids is 1. The third-order valence-electron chi connectivity index (χ3n) is 5.57. The van der Waals surface area contributed by atoms with Crippen LogP contribution in [-0.2, 0) is 13.0 Å². The van der Waals surface area contributed by atoms with E-state index in [0.29, 0.717) is 29.7 Å². The largest absolute Gasteiger partial charge is 0.350 e. The molecule has 0 spiro atoms. The lowest BCUT2D eigenvalue weighted by Crippen LogP contribution is -2.36. The minimum absolute atomic E-state index is 0.0405. The summed E-state index contributed by atoms with van der Waals surface area (Å²) in [4.78, 5) is 18.1. The molecule has 1 aliphatic heterocycles. The minimum atomic E-state index is 0.0405. The van der Waals surface area contributed by atoms with Gasteiger partial charge in [0.2, 0.25) is 0 Å². The Labute approximate surface area is 150 Å². The summed E-state index contributed by atoms with van der Waals surface area (Å²) in [5.74, 6) is 0.639. The Kier molecular flexibility index (Phi) is 3.38. The van der Waals surface area contributed by atoms with Gasteiger partial charge in [-0.15, -0.1) is 0 Å². The second-order valence-electron chi connectivity index (χ2n) is 7.08. The first-order valence-corrected chi connectivity index (χ1v) is 9.20. The first-order valence-electron chi connectivity index (χ1n) is 8.82. The fraction of sp³-hybridized carbons (Fsp3) is 0.368.